The van der Waals surface area contributed by atoms with E-state index in [0.717, 1.165) is 0 Å². The molecule has 6 nitrogen and oxygen atoms in total. The molecule has 0 fully saturated rings. The van der Waals surface area contributed by atoms with Gasteiger partial charge < -0.3 is 14.6 Å². The van der Waals surface area contributed by atoms with Crippen LogP contribution in [0.2, 0.25) is 0 Å². The lowest BCUT2D eigenvalue weighted by Gasteiger charge is -2.04. The molecule has 0 unspecified atom stereocenters. The molecule has 0 bridgehead atoms. The molecule has 0 aliphatic carbocycles. The second kappa shape index (κ2) is 6.91. The van der Waals surface area contributed by atoms with E-state index in [1.165, 1.54) is 12.1 Å². The number of amides is 1. The van der Waals surface area contributed by atoms with Crippen molar-refractivity contribution in [2.45, 2.75) is 6.42 Å². The minimum Gasteiger partial charge on any atom is -0.497 e. The van der Waals surface area contributed by atoms with E-state index in [0.29, 0.717) is 17.0 Å². The van der Waals surface area contributed by atoms with E-state index < -0.39 is 5.82 Å². The first-order valence-corrected chi connectivity index (χ1v) is 7.16. The van der Waals surface area contributed by atoms with Gasteiger partial charge >= 0.3 is 0 Å². The number of benzene rings is 2. The number of rotatable bonds is 5. The van der Waals surface area contributed by atoms with E-state index in [9.17, 15) is 9.18 Å². The van der Waals surface area contributed by atoms with Gasteiger partial charge in [0.25, 0.3) is 5.89 Å². The second-order valence-corrected chi connectivity index (χ2v) is 4.98. The van der Waals surface area contributed by atoms with Gasteiger partial charge in [0.2, 0.25) is 5.91 Å². The highest BCUT2D eigenvalue weighted by atomic mass is 19.1. The van der Waals surface area contributed by atoms with Crippen LogP contribution >= 0.6 is 0 Å². The Morgan fingerprint density at radius 2 is 2.04 bits per heavy atom. The predicted octanol–water partition coefficient (Wildman–Crippen LogP) is 3.07. The number of nitrogens with zero attached hydrogens (tertiary/aromatic N) is 2. The van der Waals surface area contributed by atoms with Crippen molar-refractivity contribution in [2.75, 3.05) is 12.4 Å². The highest BCUT2D eigenvalue weighted by Gasteiger charge is 2.13. The number of nitrogens with one attached hydrogen (secondary N) is 1. The summed E-state index contributed by atoms with van der Waals surface area (Å²) in [6, 6.07) is 12.7. The van der Waals surface area contributed by atoms with Crippen LogP contribution in [-0.4, -0.2) is 23.2 Å². The van der Waals surface area contributed by atoms with Crippen LogP contribution < -0.4 is 10.1 Å². The molecule has 1 aromatic heterocycles. The fourth-order valence-electron chi connectivity index (χ4n) is 2.09. The second-order valence-electron chi connectivity index (χ2n) is 4.98. The first kappa shape index (κ1) is 15.7. The van der Waals surface area contributed by atoms with E-state index >= 15 is 0 Å². The van der Waals surface area contributed by atoms with Crippen LogP contribution in [0.4, 0.5) is 10.1 Å². The normalized spacial score (nSPS) is 10.4. The van der Waals surface area contributed by atoms with Crippen molar-refractivity contribution in [3.8, 4) is 17.2 Å². The molecule has 0 aliphatic rings. The van der Waals surface area contributed by atoms with Crippen molar-refractivity contribution in [1.29, 1.82) is 0 Å². The topological polar surface area (TPSA) is 77.2 Å². The van der Waals surface area contributed by atoms with Gasteiger partial charge in [-0.1, -0.05) is 11.2 Å². The fraction of sp³-hybridized carbons (Fsp3) is 0.118. The number of carbonyl (C=O) groups excluding carboxylic acids is 1. The van der Waals surface area contributed by atoms with Crippen LogP contribution in [0.1, 0.15) is 5.82 Å². The number of anilines is 1. The molecule has 3 aromatic rings. The lowest BCUT2D eigenvalue weighted by atomic mass is 10.2. The Bertz CT molecular complexity index is 846. The highest BCUT2D eigenvalue weighted by Crippen LogP contribution is 2.18. The van der Waals surface area contributed by atoms with Gasteiger partial charge in [0.1, 0.15) is 11.6 Å². The zero-order chi connectivity index (χ0) is 16.9. The molecule has 0 radical (unpaired) electrons. The van der Waals surface area contributed by atoms with Crippen molar-refractivity contribution >= 4 is 11.6 Å². The fourth-order valence-corrected chi connectivity index (χ4v) is 2.09. The molecule has 0 saturated heterocycles. The molecule has 1 amide bonds. The molecule has 0 spiro atoms. The van der Waals surface area contributed by atoms with E-state index in [2.05, 4.69) is 15.5 Å². The van der Waals surface area contributed by atoms with Gasteiger partial charge in [0.05, 0.1) is 13.5 Å². The zero-order valence-corrected chi connectivity index (χ0v) is 12.8. The predicted molar refractivity (Wildman–Crippen MR) is 85.0 cm³/mol. The molecule has 0 saturated carbocycles. The molecule has 3 rings (SSSR count). The smallest absolute Gasteiger partial charge is 0.258 e. The van der Waals surface area contributed by atoms with Crippen molar-refractivity contribution in [2.24, 2.45) is 0 Å². The molecule has 24 heavy (non-hydrogen) atoms. The van der Waals surface area contributed by atoms with Gasteiger partial charge in [-0.15, -0.1) is 0 Å². The first-order valence-electron chi connectivity index (χ1n) is 7.16. The molecule has 7 heteroatoms. The van der Waals surface area contributed by atoms with Crippen molar-refractivity contribution in [3.05, 3.63) is 60.2 Å². The number of hydrogen-bond donors (Lipinski definition) is 1. The van der Waals surface area contributed by atoms with Crippen molar-refractivity contribution < 1.29 is 18.4 Å². The van der Waals surface area contributed by atoms with E-state index in [1.807, 2.05) is 0 Å². The maximum atomic E-state index is 13.2. The molecule has 1 N–H and O–H groups in total. The lowest BCUT2D eigenvalue weighted by molar-refractivity contribution is -0.115. The Morgan fingerprint density at radius 3 is 2.75 bits per heavy atom. The summed E-state index contributed by atoms with van der Waals surface area (Å²) < 4.78 is 23.3. The highest BCUT2D eigenvalue weighted by molar-refractivity contribution is 5.91. The molecule has 2 aromatic carbocycles. The van der Waals surface area contributed by atoms with Crippen LogP contribution in [0, 0.1) is 5.82 Å². The standard InChI is InChI=1S/C17H14FN3O3/c1-23-14-7-5-13(6-8-14)19-16(22)10-15-20-17(24-21-15)11-3-2-4-12(18)9-11/h2-9H,10H2,1H3,(H,19,22). The number of carbonyl (C=O) groups is 1. The number of halogens is 1. The van der Waals surface area contributed by atoms with Gasteiger partial charge in [-0.05, 0) is 42.5 Å². The Balaban J connectivity index is 1.64. The Hall–Kier alpha value is -3.22. The average molecular weight is 327 g/mol. The molecule has 0 aliphatic heterocycles. The molecule has 0 atom stereocenters. The summed E-state index contributed by atoms with van der Waals surface area (Å²) in [6.45, 7) is 0. The van der Waals surface area contributed by atoms with Gasteiger partial charge in [0.15, 0.2) is 5.82 Å². The third kappa shape index (κ3) is 3.75. The number of ether oxygens (including phenoxy) is 1. The molecule has 122 valence electrons. The quantitative estimate of drug-likeness (QED) is 0.779. The van der Waals surface area contributed by atoms with Gasteiger partial charge in [-0.3, -0.25) is 4.79 Å². The van der Waals surface area contributed by atoms with Crippen molar-refractivity contribution in [1.82, 2.24) is 10.1 Å². The summed E-state index contributed by atoms with van der Waals surface area (Å²) in [5, 5.41) is 6.47. The Labute approximate surface area is 137 Å². The van der Waals surface area contributed by atoms with Gasteiger partial charge in [-0.25, -0.2) is 4.39 Å². The van der Waals surface area contributed by atoms with Crippen LogP contribution in [0.5, 0.6) is 5.75 Å². The average Bonchev–Trinajstić information content (AvgIpc) is 3.04. The first-order chi connectivity index (χ1) is 11.6. The summed E-state index contributed by atoms with van der Waals surface area (Å²) in [6.07, 6.45) is -0.0507. The minimum absolute atomic E-state index is 0.0507. The maximum Gasteiger partial charge on any atom is 0.258 e. The third-order valence-corrected chi connectivity index (χ3v) is 3.23. The number of aromatic nitrogens is 2. The minimum atomic E-state index is -0.399. The number of methoxy groups -OCH3 is 1. The summed E-state index contributed by atoms with van der Waals surface area (Å²) in [5.41, 5.74) is 1.10. The molecular formula is C17H14FN3O3. The van der Waals surface area contributed by atoms with Crippen molar-refractivity contribution in [3.63, 3.8) is 0 Å². The van der Waals surface area contributed by atoms with Gasteiger partial charge in [0, 0.05) is 11.3 Å². The number of hydrogen-bond acceptors (Lipinski definition) is 5. The van der Waals surface area contributed by atoms with Crippen LogP contribution in [0.15, 0.2) is 53.1 Å². The van der Waals surface area contributed by atoms with E-state index in [-0.39, 0.29) is 24.0 Å². The third-order valence-electron chi connectivity index (χ3n) is 3.23. The monoisotopic (exact) mass is 327 g/mol. The summed E-state index contributed by atoms with van der Waals surface area (Å²) in [5.74, 6) is 0.407. The lowest BCUT2D eigenvalue weighted by Crippen LogP contribution is -2.15. The molecule has 1 heterocycles. The van der Waals surface area contributed by atoms with Gasteiger partial charge in [-0.2, -0.15) is 4.98 Å². The Kier molecular flexibility index (Phi) is 4.51. The summed E-state index contributed by atoms with van der Waals surface area (Å²) in [7, 11) is 1.57. The SMILES string of the molecule is COc1ccc(NC(=O)Cc2noc(-c3cccc(F)c3)n2)cc1. The van der Waals surface area contributed by atoms with Crippen LogP contribution in [0.25, 0.3) is 11.5 Å². The van der Waals surface area contributed by atoms with E-state index in [4.69, 9.17) is 9.26 Å². The molecular weight excluding hydrogens is 313 g/mol. The van der Waals surface area contributed by atoms with Crippen LogP contribution in [-0.2, 0) is 11.2 Å². The van der Waals surface area contributed by atoms with Crippen LogP contribution in [0.3, 0.4) is 0 Å². The zero-order valence-electron chi connectivity index (χ0n) is 12.8. The Morgan fingerprint density at radius 1 is 1.25 bits per heavy atom. The largest absolute Gasteiger partial charge is 0.497 e. The maximum absolute atomic E-state index is 13.2. The summed E-state index contributed by atoms with van der Waals surface area (Å²) in [4.78, 5) is 16.1. The summed E-state index contributed by atoms with van der Waals surface area (Å²) >= 11 is 0. The van der Waals surface area contributed by atoms with E-state index in [1.54, 1.807) is 43.5 Å².